The summed E-state index contributed by atoms with van der Waals surface area (Å²) >= 11 is 0. The first-order chi connectivity index (χ1) is 18.1. The maximum absolute atomic E-state index is 9.58. The zero-order valence-electron chi connectivity index (χ0n) is 20.3. The predicted octanol–water partition coefficient (Wildman–Crippen LogP) is 4.38. The van der Waals surface area contributed by atoms with E-state index in [0.29, 0.717) is 23.0 Å². The van der Waals surface area contributed by atoms with Gasteiger partial charge in [-0.15, -0.1) is 0 Å². The van der Waals surface area contributed by atoms with Gasteiger partial charge in [0.25, 0.3) is 0 Å². The third-order valence-electron chi connectivity index (χ3n) is 5.99. The van der Waals surface area contributed by atoms with Crippen LogP contribution in [0.2, 0.25) is 0 Å². The molecule has 5 aromatic rings. The number of benzene rings is 2. The quantitative estimate of drug-likeness (QED) is 0.242. The first-order valence-electron chi connectivity index (χ1n) is 11.5. The lowest BCUT2D eigenvalue weighted by Gasteiger charge is -2.16. The number of methoxy groups -OCH3 is 2. The third-order valence-corrected chi connectivity index (χ3v) is 5.99. The maximum Gasteiger partial charge on any atom is 0.141 e. The maximum atomic E-state index is 9.58. The number of ether oxygens (including phenoxy) is 2. The van der Waals surface area contributed by atoms with Crippen LogP contribution in [-0.4, -0.2) is 44.8 Å². The lowest BCUT2D eigenvalue weighted by atomic mass is 10.0. The summed E-state index contributed by atoms with van der Waals surface area (Å²) in [7, 11) is 3.16. The number of hydrogen-bond donors (Lipinski definition) is 2. The standard InChI is InChI=1S/C27H24N8O2/c1-36-21-11-20(12-22(13-21)37-2)34-26(29)18-5-3-4-17(10-18)24(6-8-28)35-15-19(14-33-35)25-23-7-9-30-27(23)32-16-31-25/h3-5,7,9-16,24H,6H2,1-2H3,(H2,29,34)(H,30,31,32). The van der Waals surface area contributed by atoms with Crippen molar-refractivity contribution in [2.45, 2.75) is 12.5 Å². The highest BCUT2D eigenvalue weighted by Gasteiger charge is 2.18. The molecule has 0 radical (unpaired) electrons. The Morgan fingerprint density at radius 1 is 1.14 bits per heavy atom. The van der Waals surface area contributed by atoms with Gasteiger partial charge in [0.2, 0.25) is 0 Å². The zero-order valence-corrected chi connectivity index (χ0v) is 20.3. The third kappa shape index (κ3) is 4.83. The van der Waals surface area contributed by atoms with E-state index in [-0.39, 0.29) is 12.5 Å². The van der Waals surface area contributed by atoms with Crippen LogP contribution in [0.4, 0.5) is 5.69 Å². The highest BCUT2D eigenvalue weighted by atomic mass is 16.5. The number of nitrogens with one attached hydrogen (secondary N) is 1. The minimum atomic E-state index is -0.327. The van der Waals surface area contributed by atoms with E-state index in [1.807, 2.05) is 42.7 Å². The molecule has 0 spiro atoms. The Kier molecular flexibility index (Phi) is 6.50. The number of aromatic nitrogens is 5. The fourth-order valence-corrected chi connectivity index (χ4v) is 4.15. The van der Waals surface area contributed by atoms with Gasteiger partial charge in [-0.05, 0) is 17.7 Å². The summed E-state index contributed by atoms with van der Waals surface area (Å²) in [6.07, 6.45) is 7.20. The van der Waals surface area contributed by atoms with Crippen molar-refractivity contribution in [3.05, 3.63) is 84.6 Å². The molecule has 0 saturated carbocycles. The Bertz CT molecular complexity index is 1610. The second kappa shape index (κ2) is 10.2. The van der Waals surface area contributed by atoms with E-state index in [1.165, 1.54) is 6.33 Å². The first kappa shape index (κ1) is 23.6. The van der Waals surface area contributed by atoms with E-state index in [9.17, 15) is 5.26 Å². The number of aliphatic imine (C=N–C) groups is 1. The van der Waals surface area contributed by atoms with Gasteiger partial charge in [-0.3, -0.25) is 4.68 Å². The van der Waals surface area contributed by atoms with E-state index < -0.39 is 0 Å². The van der Waals surface area contributed by atoms with Gasteiger partial charge >= 0.3 is 0 Å². The number of hydrogen-bond acceptors (Lipinski definition) is 7. The molecule has 10 heteroatoms. The number of amidine groups is 1. The molecule has 0 aliphatic heterocycles. The highest BCUT2D eigenvalue weighted by molar-refractivity contribution is 5.99. The molecule has 0 bridgehead atoms. The largest absolute Gasteiger partial charge is 0.497 e. The fourth-order valence-electron chi connectivity index (χ4n) is 4.15. The Labute approximate surface area is 213 Å². The van der Waals surface area contributed by atoms with Crippen LogP contribution in [0.15, 0.2) is 78.4 Å². The van der Waals surface area contributed by atoms with Gasteiger partial charge in [0, 0.05) is 47.1 Å². The number of aromatic amines is 1. The Hall–Kier alpha value is -5.17. The average Bonchev–Trinajstić information content (AvgIpc) is 3.61. The van der Waals surface area contributed by atoms with Gasteiger partial charge in [0.15, 0.2) is 0 Å². The number of nitrogens with zero attached hydrogens (tertiary/aromatic N) is 6. The Balaban J connectivity index is 1.48. The number of fused-ring (bicyclic) bond motifs is 1. The second-order valence-electron chi connectivity index (χ2n) is 8.24. The van der Waals surface area contributed by atoms with Crippen LogP contribution >= 0.6 is 0 Å². The van der Waals surface area contributed by atoms with Crippen LogP contribution in [0.3, 0.4) is 0 Å². The molecule has 184 valence electrons. The van der Waals surface area contributed by atoms with Crippen molar-refractivity contribution in [1.82, 2.24) is 24.7 Å². The molecule has 37 heavy (non-hydrogen) atoms. The average molecular weight is 493 g/mol. The Morgan fingerprint density at radius 3 is 2.70 bits per heavy atom. The minimum absolute atomic E-state index is 0.220. The number of H-pyrrole nitrogens is 1. The van der Waals surface area contributed by atoms with Crippen LogP contribution in [0.1, 0.15) is 23.6 Å². The van der Waals surface area contributed by atoms with Crippen molar-refractivity contribution in [3.8, 4) is 28.8 Å². The summed E-state index contributed by atoms with van der Waals surface area (Å²) < 4.78 is 12.4. The summed E-state index contributed by atoms with van der Waals surface area (Å²) in [5, 5.41) is 15.0. The molecular formula is C27H24N8O2. The lowest BCUT2D eigenvalue weighted by molar-refractivity contribution is 0.394. The topological polar surface area (TPSA) is 140 Å². The monoisotopic (exact) mass is 492 g/mol. The molecule has 3 heterocycles. The summed E-state index contributed by atoms with van der Waals surface area (Å²) in [5.41, 5.74) is 10.9. The molecule has 3 N–H and O–H groups in total. The summed E-state index contributed by atoms with van der Waals surface area (Å²) in [6, 6.07) is 16.8. The molecule has 5 rings (SSSR count). The molecular weight excluding hydrogens is 468 g/mol. The molecule has 0 saturated heterocycles. The van der Waals surface area contributed by atoms with Gasteiger partial charge in [-0.1, -0.05) is 18.2 Å². The SMILES string of the molecule is COc1cc(N=C(N)c2cccc(C(CC#N)n3cc(-c4ncnc5[nH]ccc45)cn3)c2)cc(OC)c1. The van der Waals surface area contributed by atoms with Crippen molar-refractivity contribution >= 4 is 22.6 Å². The van der Waals surface area contributed by atoms with Gasteiger partial charge < -0.3 is 20.2 Å². The van der Waals surface area contributed by atoms with E-state index >= 15 is 0 Å². The summed E-state index contributed by atoms with van der Waals surface area (Å²) in [6.45, 7) is 0. The lowest BCUT2D eigenvalue weighted by Crippen LogP contribution is -2.15. The van der Waals surface area contributed by atoms with E-state index in [2.05, 4.69) is 31.1 Å². The zero-order chi connectivity index (χ0) is 25.8. The van der Waals surface area contributed by atoms with Crippen molar-refractivity contribution in [1.29, 1.82) is 5.26 Å². The molecule has 10 nitrogen and oxygen atoms in total. The summed E-state index contributed by atoms with van der Waals surface area (Å²) in [5.74, 6) is 1.55. The minimum Gasteiger partial charge on any atom is -0.497 e. The van der Waals surface area contributed by atoms with E-state index in [1.54, 1.807) is 43.3 Å². The van der Waals surface area contributed by atoms with Crippen LogP contribution in [-0.2, 0) is 0 Å². The fraction of sp³-hybridized carbons (Fsp3) is 0.148. The molecule has 3 aromatic heterocycles. The normalized spacial score (nSPS) is 12.3. The van der Waals surface area contributed by atoms with Crippen molar-refractivity contribution < 1.29 is 9.47 Å². The molecule has 0 aliphatic carbocycles. The Morgan fingerprint density at radius 2 is 1.95 bits per heavy atom. The predicted molar refractivity (Wildman–Crippen MR) is 140 cm³/mol. The molecule has 1 atom stereocenters. The number of nitriles is 1. The number of nitrogens with two attached hydrogens (primary N) is 1. The van der Waals surface area contributed by atoms with Gasteiger partial charge in [0.05, 0.1) is 50.3 Å². The second-order valence-corrected chi connectivity index (χ2v) is 8.24. The van der Waals surface area contributed by atoms with Gasteiger partial charge in [-0.25, -0.2) is 15.0 Å². The van der Waals surface area contributed by atoms with Gasteiger partial charge in [-0.2, -0.15) is 10.4 Å². The van der Waals surface area contributed by atoms with Crippen molar-refractivity contribution in [3.63, 3.8) is 0 Å². The van der Waals surface area contributed by atoms with Crippen LogP contribution in [0, 0.1) is 11.3 Å². The molecule has 0 fully saturated rings. The molecule has 0 aliphatic rings. The van der Waals surface area contributed by atoms with Crippen molar-refractivity contribution in [2.75, 3.05) is 14.2 Å². The number of rotatable bonds is 8. The van der Waals surface area contributed by atoms with Crippen LogP contribution in [0.5, 0.6) is 11.5 Å². The van der Waals surface area contributed by atoms with E-state index in [4.69, 9.17) is 15.2 Å². The van der Waals surface area contributed by atoms with E-state index in [0.717, 1.165) is 33.4 Å². The molecule has 0 amide bonds. The molecule has 1 unspecified atom stereocenters. The van der Waals surface area contributed by atoms with Crippen LogP contribution in [0.25, 0.3) is 22.3 Å². The smallest absolute Gasteiger partial charge is 0.141 e. The molecule has 2 aromatic carbocycles. The first-order valence-corrected chi connectivity index (χ1v) is 11.5. The summed E-state index contributed by atoms with van der Waals surface area (Å²) in [4.78, 5) is 16.3. The van der Waals surface area contributed by atoms with Crippen molar-refractivity contribution in [2.24, 2.45) is 10.7 Å². The van der Waals surface area contributed by atoms with Gasteiger partial charge in [0.1, 0.15) is 29.3 Å². The van der Waals surface area contributed by atoms with Crippen LogP contribution < -0.4 is 15.2 Å². The highest BCUT2D eigenvalue weighted by Crippen LogP contribution is 2.30.